The Kier molecular flexibility index (Phi) is 5.80. The number of hydrogen-bond donors (Lipinski definition) is 1. The number of carbonyl (C=O) groups is 1. The molecule has 0 saturated heterocycles. The van der Waals surface area contributed by atoms with Crippen molar-refractivity contribution in [3.63, 3.8) is 0 Å². The van der Waals surface area contributed by atoms with Gasteiger partial charge in [-0.3, -0.25) is 14.9 Å². The van der Waals surface area contributed by atoms with Gasteiger partial charge in [0.1, 0.15) is 16.4 Å². The Labute approximate surface area is 178 Å². The van der Waals surface area contributed by atoms with Crippen LogP contribution in [0, 0.1) is 10.1 Å². The number of carbonyl (C=O) groups excluding carboxylic acids is 1. The lowest BCUT2D eigenvalue weighted by atomic mass is 9.93. The van der Waals surface area contributed by atoms with Gasteiger partial charge in [-0.2, -0.15) is 8.42 Å². The first-order valence-electron chi connectivity index (χ1n) is 9.03. The number of anilines is 1. The molecular formula is C20H19N3O7S. The molecule has 10 nitrogen and oxygen atoms in total. The van der Waals surface area contributed by atoms with E-state index in [1.807, 2.05) is 20.8 Å². The number of hydrogen-bond acceptors (Lipinski definition) is 8. The van der Waals surface area contributed by atoms with Gasteiger partial charge in [-0.1, -0.05) is 32.0 Å². The van der Waals surface area contributed by atoms with Crippen LogP contribution in [0.25, 0.3) is 0 Å². The third kappa shape index (κ3) is 5.25. The highest BCUT2D eigenvalue weighted by atomic mass is 32.2. The molecule has 0 radical (unpaired) electrons. The number of nitrogens with one attached hydrogen (secondary N) is 1. The third-order valence-electron chi connectivity index (χ3n) is 4.13. The molecule has 31 heavy (non-hydrogen) atoms. The molecule has 0 aliphatic carbocycles. The van der Waals surface area contributed by atoms with E-state index in [0.717, 1.165) is 6.07 Å². The quantitative estimate of drug-likeness (QED) is 0.342. The Morgan fingerprint density at radius 3 is 2.39 bits per heavy atom. The van der Waals surface area contributed by atoms with Gasteiger partial charge in [0.15, 0.2) is 5.82 Å². The maximum atomic E-state index is 12.4. The van der Waals surface area contributed by atoms with Crippen LogP contribution in [-0.4, -0.2) is 24.4 Å². The topological polar surface area (TPSA) is 142 Å². The largest absolute Gasteiger partial charge is 0.379 e. The highest BCUT2D eigenvalue weighted by molar-refractivity contribution is 7.87. The Morgan fingerprint density at radius 2 is 1.81 bits per heavy atom. The molecule has 1 aromatic heterocycles. The van der Waals surface area contributed by atoms with E-state index in [0.29, 0.717) is 5.76 Å². The fourth-order valence-corrected chi connectivity index (χ4v) is 3.44. The minimum Gasteiger partial charge on any atom is -0.379 e. The number of benzene rings is 2. The summed E-state index contributed by atoms with van der Waals surface area (Å²) in [4.78, 5) is 22.2. The first-order chi connectivity index (χ1) is 14.5. The van der Waals surface area contributed by atoms with Gasteiger partial charge in [0.2, 0.25) is 0 Å². The molecule has 3 aromatic rings. The second-order valence-electron chi connectivity index (χ2n) is 7.60. The van der Waals surface area contributed by atoms with E-state index < -0.39 is 20.9 Å². The van der Waals surface area contributed by atoms with Crippen LogP contribution in [0.4, 0.5) is 11.5 Å². The minimum atomic E-state index is -4.29. The summed E-state index contributed by atoms with van der Waals surface area (Å²) in [5.41, 5.74) is -0.404. The molecule has 2 aromatic carbocycles. The molecular weight excluding hydrogens is 426 g/mol. The van der Waals surface area contributed by atoms with E-state index >= 15 is 0 Å². The standard InChI is InChI=1S/C20H19N3O7S/c1-20(2,3)17-12-18(22-29-17)21-19(24)13-7-9-15(10-8-13)30-31(27,28)16-6-4-5-14(11-16)23(25)26/h4-12H,1-3H3,(H,21,22,24). The van der Waals surface area contributed by atoms with E-state index in [-0.39, 0.29) is 33.1 Å². The summed E-state index contributed by atoms with van der Waals surface area (Å²) in [6.45, 7) is 5.83. The van der Waals surface area contributed by atoms with Crippen molar-refractivity contribution in [2.24, 2.45) is 0 Å². The van der Waals surface area contributed by atoms with Gasteiger partial charge in [0.25, 0.3) is 11.6 Å². The molecule has 3 rings (SSSR count). The van der Waals surface area contributed by atoms with Crippen LogP contribution < -0.4 is 9.50 Å². The fraction of sp³-hybridized carbons (Fsp3) is 0.200. The number of nitrogens with zero attached hydrogens (tertiary/aromatic N) is 2. The summed E-state index contributed by atoms with van der Waals surface area (Å²) in [7, 11) is -4.29. The number of rotatable bonds is 6. The Hall–Kier alpha value is -3.73. The van der Waals surface area contributed by atoms with E-state index in [2.05, 4.69) is 10.5 Å². The summed E-state index contributed by atoms with van der Waals surface area (Å²) in [6, 6.07) is 11.5. The molecule has 11 heteroatoms. The number of nitro groups is 1. The van der Waals surface area contributed by atoms with Crippen molar-refractivity contribution < 1.29 is 26.8 Å². The summed E-state index contributed by atoms with van der Waals surface area (Å²) in [5, 5.41) is 17.2. The van der Waals surface area contributed by atoms with Crippen molar-refractivity contribution in [3.8, 4) is 5.75 Å². The zero-order chi connectivity index (χ0) is 22.8. The number of nitro benzene ring substituents is 1. The van der Waals surface area contributed by atoms with Crippen LogP contribution in [0.15, 0.2) is 64.0 Å². The van der Waals surface area contributed by atoms with Crippen LogP contribution in [0.5, 0.6) is 5.75 Å². The van der Waals surface area contributed by atoms with Gasteiger partial charge in [-0.05, 0) is 30.3 Å². The molecule has 0 atom stereocenters. The highest BCUT2D eigenvalue weighted by Crippen LogP contribution is 2.25. The molecule has 0 saturated carbocycles. The smallest absolute Gasteiger partial charge is 0.339 e. The first kappa shape index (κ1) is 22.0. The van der Waals surface area contributed by atoms with Crippen LogP contribution in [0.2, 0.25) is 0 Å². The molecule has 1 amide bonds. The predicted octanol–water partition coefficient (Wildman–Crippen LogP) is 3.90. The van der Waals surface area contributed by atoms with Crippen molar-refractivity contribution in [2.75, 3.05) is 5.32 Å². The van der Waals surface area contributed by atoms with Crippen molar-refractivity contribution in [1.82, 2.24) is 5.16 Å². The summed E-state index contributed by atoms with van der Waals surface area (Å²) >= 11 is 0. The molecule has 0 aliphatic rings. The Morgan fingerprint density at radius 1 is 1.13 bits per heavy atom. The van der Waals surface area contributed by atoms with Gasteiger partial charge in [-0.15, -0.1) is 0 Å². The maximum Gasteiger partial charge on any atom is 0.339 e. The average molecular weight is 445 g/mol. The van der Waals surface area contributed by atoms with E-state index in [9.17, 15) is 23.3 Å². The van der Waals surface area contributed by atoms with Gasteiger partial charge >= 0.3 is 10.1 Å². The predicted molar refractivity (Wildman–Crippen MR) is 111 cm³/mol. The molecule has 1 N–H and O–H groups in total. The van der Waals surface area contributed by atoms with Gasteiger partial charge in [-0.25, -0.2) is 0 Å². The Bertz CT molecular complexity index is 1230. The molecule has 162 valence electrons. The van der Waals surface area contributed by atoms with Crippen molar-refractivity contribution in [2.45, 2.75) is 31.1 Å². The normalized spacial score (nSPS) is 11.7. The first-order valence-corrected chi connectivity index (χ1v) is 10.4. The number of aromatic nitrogens is 1. The summed E-state index contributed by atoms with van der Waals surface area (Å²) in [6.07, 6.45) is 0. The molecule has 0 unspecified atom stereocenters. The van der Waals surface area contributed by atoms with Crippen LogP contribution >= 0.6 is 0 Å². The Balaban J connectivity index is 1.71. The molecule has 0 spiro atoms. The van der Waals surface area contributed by atoms with Crippen molar-refractivity contribution in [3.05, 3.63) is 76.0 Å². The molecule has 0 fully saturated rings. The van der Waals surface area contributed by atoms with Crippen LogP contribution in [-0.2, 0) is 15.5 Å². The lowest BCUT2D eigenvalue weighted by Crippen LogP contribution is -2.13. The van der Waals surface area contributed by atoms with Gasteiger partial charge in [0.05, 0.1) is 4.92 Å². The van der Waals surface area contributed by atoms with E-state index in [4.69, 9.17) is 8.71 Å². The number of non-ortho nitro benzene ring substituents is 1. The van der Waals surface area contributed by atoms with E-state index in [1.54, 1.807) is 6.07 Å². The second kappa shape index (κ2) is 8.19. The second-order valence-corrected chi connectivity index (χ2v) is 9.14. The van der Waals surface area contributed by atoms with E-state index in [1.165, 1.54) is 42.5 Å². The molecule has 0 aliphatic heterocycles. The fourth-order valence-electron chi connectivity index (χ4n) is 2.47. The zero-order valence-electron chi connectivity index (χ0n) is 16.9. The zero-order valence-corrected chi connectivity index (χ0v) is 17.7. The van der Waals surface area contributed by atoms with Gasteiger partial charge < -0.3 is 14.0 Å². The number of amides is 1. The van der Waals surface area contributed by atoms with Gasteiger partial charge in [0, 0.05) is 29.2 Å². The van der Waals surface area contributed by atoms with Crippen LogP contribution in [0.3, 0.4) is 0 Å². The monoisotopic (exact) mass is 445 g/mol. The lowest BCUT2D eigenvalue weighted by Gasteiger charge is -2.12. The van der Waals surface area contributed by atoms with Crippen molar-refractivity contribution >= 4 is 27.5 Å². The summed E-state index contributed by atoms with van der Waals surface area (Å²) < 4.78 is 35.0. The third-order valence-corrected chi connectivity index (χ3v) is 5.37. The van der Waals surface area contributed by atoms with Crippen LogP contribution in [0.1, 0.15) is 36.9 Å². The van der Waals surface area contributed by atoms with Crippen molar-refractivity contribution in [1.29, 1.82) is 0 Å². The SMILES string of the molecule is CC(C)(C)c1cc(NC(=O)c2ccc(OS(=O)(=O)c3cccc([N+](=O)[O-])c3)cc2)no1. The maximum absolute atomic E-state index is 12.4. The molecule has 0 bridgehead atoms. The summed E-state index contributed by atoms with van der Waals surface area (Å²) in [5.74, 6) is 0.336. The lowest BCUT2D eigenvalue weighted by molar-refractivity contribution is -0.385. The highest BCUT2D eigenvalue weighted by Gasteiger charge is 2.22. The minimum absolute atomic E-state index is 0.0560. The molecule has 1 heterocycles. The average Bonchev–Trinajstić information content (AvgIpc) is 3.17.